The Morgan fingerprint density at radius 2 is 1.58 bits per heavy atom. The van der Waals surface area contributed by atoms with E-state index < -0.39 is 32.6 Å². The molecule has 11 nitrogen and oxygen atoms in total. The number of hydrogen-bond acceptors (Lipinski definition) is 10. The molecule has 4 aromatic carbocycles. The summed E-state index contributed by atoms with van der Waals surface area (Å²) in [6.45, 7) is 1.93. The molecule has 2 amide bonds. The number of sulfonamides is 1. The molecule has 0 atom stereocenters. The van der Waals surface area contributed by atoms with Crippen molar-refractivity contribution in [1.82, 2.24) is 19.8 Å². The van der Waals surface area contributed by atoms with Crippen LogP contribution in [0.25, 0.3) is 11.1 Å². The molecule has 5 aromatic rings. The zero-order valence-electron chi connectivity index (χ0n) is 29.4. The topological polar surface area (TPSA) is 145 Å². The van der Waals surface area contributed by atoms with Crippen molar-refractivity contribution in [2.75, 3.05) is 48.7 Å². The number of aromatic hydroxyl groups is 1. The van der Waals surface area contributed by atoms with E-state index in [1.54, 1.807) is 27.8 Å². The first-order valence-corrected chi connectivity index (χ1v) is 19.8. The molecule has 1 aliphatic heterocycles. The number of anilines is 2. The van der Waals surface area contributed by atoms with Crippen molar-refractivity contribution in [2.45, 2.75) is 28.8 Å². The molecular weight excluding hydrogens is 754 g/mol. The van der Waals surface area contributed by atoms with Gasteiger partial charge in [-0.1, -0.05) is 54.6 Å². The number of nitrogens with zero attached hydrogens (tertiary/aromatic N) is 4. The lowest BCUT2D eigenvalue weighted by Gasteiger charge is -2.35. The Morgan fingerprint density at radius 3 is 2.29 bits per heavy atom. The summed E-state index contributed by atoms with van der Waals surface area (Å²) in [6.07, 6.45) is -4.04. The Morgan fingerprint density at radius 1 is 0.836 bits per heavy atom. The van der Waals surface area contributed by atoms with E-state index in [-0.39, 0.29) is 29.6 Å². The van der Waals surface area contributed by atoms with Crippen molar-refractivity contribution in [2.24, 2.45) is 0 Å². The highest BCUT2D eigenvalue weighted by Gasteiger charge is 2.35. The zero-order valence-corrected chi connectivity index (χ0v) is 31.0. The van der Waals surface area contributed by atoms with Crippen LogP contribution in [0.15, 0.2) is 119 Å². The molecule has 0 bridgehead atoms. The van der Waals surface area contributed by atoms with Gasteiger partial charge in [0.15, 0.2) is 11.5 Å². The maximum atomic E-state index is 14.0. The molecule has 1 aliphatic rings. The van der Waals surface area contributed by atoms with E-state index in [2.05, 4.69) is 15.5 Å². The van der Waals surface area contributed by atoms with Crippen LogP contribution in [0.1, 0.15) is 28.0 Å². The maximum absolute atomic E-state index is 14.0. The minimum Gasteiger partial charge on any atom is -0.508 e. The molecule has 55 heavy (non-hydrogen) atoms. The van der Waals surface area contributed by atoms with Gasteiger partial charge < -0.3 is 20.2 Å². The van der Waals surface area contributed by atoms with Gasteiger partial charge >= 0.3 is 6.18 Å². The summed E-state index contributed by atoms with van der Waals surface area (Å²) in [4.78, 5) is 29.8. The van der Waals surface area contributed by atoms with Gasteiger partial charge in [-0.3, -0.25) is 9.59 Å². The van der Waals surface area contributed by atoms with Crippen LogP contribution in [0.4, 0.5) is 24.7 Å². The third kappa shape index (κ3) is 10.1. The molecule has 0 aliphatic carbocycles. The monoisotopic (exact) mass is 790 g/mol. The summed E-state index contributed by atoms with van der Waals surface area (Å²) < 4.78 is 69.7. The predicted octanol–water partition coefficient (Wildman–Crippen LogP) is 6.47. The molecule has 1 aromatic heterocycles. The number of halogens is 3. The number of aryl methyl sites for hydroxylation is 1. The fourth-order valence-corrected chi connectivity index (χ4v) is 7.85. The highest BCUT2D eigenvalue weighted by atomic mass is 32.2. The van der Waals surface area contributed by atoms with E-state index in [0.29, 0.717) is 56.7 Å². The second-order valence-electron chi connectivity index (χ2n) is 12.6. The predicted molar refractivity (Wildman–Crippen MR) is 204 cm³/mol. The molecule has 3 N–H and O–H groups in total. The summed E-state index contributed by atoms with van der Waals surface area (Å²) in [7, 11) is -4.71. The quantitative estimate of drug-likeness (QED) is 0.0897. The molecule has 0 spiro atoms. The average molecular weight is 791 g/mol. The third-order valence-electron chi connectivity index (χ3n) is 8.89. The van der Waals surface area contributed by atoms with Crippen molar-refractivity contribution in [1.29, 1.82) is 0 Å². The van der Waals surface area contributed by atoms with Gasteiger partial charge in [-0.25, -0.2) is 13.1 Å². The number of nitrogens with one attached hydrogen (secondary N) is 2. The van der Waals surface area contributed by atoms with Crippen LogP contribution in [-0.2, 0) is 27.4 Å². The Balaban J connectivity index is 1.01. The molecule has 0 unspecified atom stereocenters. The largest absolute Gasteiger partial charge is 0.508 e. The smallest absolute Gasteiger partial charge is 0.418 e. The van der Waals surface area contributed by atoms with Gasteiger partial charge in [0.05, 0.1) is 10.5 Å². The summed E-state index contributed by atoms with van der Waals surface area (Å²) >= 11 is 1.46. The number of benzene rings is 4. The molecule has 6 rings (SSSR count). The number of thioether (sulfide) groups is 1. The van der Waals surface area contributed by atoms with Crippen LogP contribution in [0.5, 0.6) is 5.75 Å². The summed E-state index contributed by atoms with van der Waals surface area (Å²) in [5.74, 6) is -0.123. The summed E-state index contributed by atoms with van der Waals surface area (Å²) in [5, 5.41) is 20.6. The van der Waals surface area contributed by atoms with Crippen LogP contribution in [-0.4, -0.2) is 78.9 Å². The fraction of sp³-hybridized carbons (Fsp3) is 0.231. The van der Waals surface area contributed by atoms with E-state index in [9.17, 15) is 36.3 Å². The van der Waals surface area contributed by atoms with Crippen LogP contribution in [0.2, 0.25) is 0 Å². The Kier molecular flexibility index (Phi) is 12.3. The number of aromatic nitrogens is 2. The molecule has 2 heterocycles. The number of piperazine rings is 1. The maximum Gasteiger partial charge on any atom is 0.418 e. The van der Waals surface area contributed by atoms with Gasteiger partial charge in [-0.15, -0.1) is 22.0 Å². The summed E-state index contributed by atoms with van der Waals surface area (Å²) in [6, 6.07) is 29.3. The van der Waals surface area contributed by atoms with E-state index in [0.717, 1.165) is 33.7 Å². The normalized spacial score (nSPS) is 13.4. The lowest BCUT2D eigenvalue weighted by molar-refractivity contribution is -0.137. The Bertz CT molecular complexity index is 2240. The third-order valence-corrected chi connectivity index (χ3v) is 11.2. The lowest BCUT2D eigenvalue weighted by atomic mass is 9.96. The lowest BCUT2D eigenvalue weighted by Crippen LogP contribution is -2.49. The number of amides is 2. The number of alkyl halides is 3. The number of hydrogen-bond donors (Lipinski definition) is 3. The van der Waals surface area contributed by atoms with Crippen molar-refractivity contribution in [3.8, 4) is 16.9 Å². The number of carbonyl (C=O) groups excluding carboxylic acids is 2. The van der Waals surface area contributed by atoms with Crippen molar-refractivity contribution >= 4 is 45.1 Å². The van der Waals surface area contributed by atoms with Crippen LogP contribution < -0.4 is 14.9 Å². The second kappa shape index (κ2) is 17.2. The average Bonchev–Trinajstić information content (AvgIpc) is 3.18. The molecule has 1 fully saturated rings. The fourth-order valence-electron chi connectivity index (χ4n) is 6.08. The molecule has 0 radical (unpaired) electrons. The number of carbonyl (C=O) groups is 2. The second-order valence-corrected chi connectivity index (χ2v) is 15.4. The highest BCUT2D eigenvalue weighted by Crippen LogP contribution is 2.36. The van der Waals surface area contributed by atoms with E-state index in [1.807, 2.05) is 65.6 Å². The molecular formula is C39H37F3N6O5S2. The first-order chi connectivity index (χ1) is 26.4. The zero-order chi connectivity index (χ0) is 39.0. The van der Waals surface area contributed by atoms with Gasteiger partial charge in [0.25, 0.3) is 15.9 Å². The van der Waals surface area contributed by atoms with Gasteiger partial charge in [0.2, 0.25) is 5.91 Å². The first kappa shape index (κ1) is 39.1. The van der Waals surface area contributed by atoms with Crippen LogP contribution >= 0.6 is 11.8 Å². The summed E-state index contributed by atoms with van der Waals surface area (Å²) in [5.41, 5.74) is 0.988. The van der Waals surface area contributed by atoms with Gasteiger partial charge in [-0.05, 0) is 77.7 Å². The van der Waals surface area contributed by atoms with Crippen LogP contribution in [0, 0.1) is 0 Å². The first-order valence-electron chi connectivity index (χ1n) is 17.3. The standard InChI is InChI=1S/C39H37F3N6O5S2/c40-39(41,42)33-26-31(14-15-34(33)43-19-24-54-30-10-2-1-3-11-30)55(52,53)46-38(51)35-16-17-36(45-44-35)47-20-22-48(23-21-47)37(50)18-13-27-7-4-5-12-32(27)28-8-6-9-29(49)25-28/h1-12,14-17,25-26,43,49H,13,18-24H2,(H,46,51). The number of phenols is 1. The molecule has 1 saturated heterocycles. The van der Waals surface area contributed by atoms with E-state index >= 15 is 0 Å². The molecule has 286 valence electrons. The number of phenolic OH excluding ortho intramolecular Hbond substituents is 1. The molecule has 16 heteroatoms. The minimum atomic E-state index is -4.87. The molecule has 0 saturated carbocycles. The minimum absolute atomic E-state index is 0.00383. The van der Waals surface area contributed by atoms with Gasteiger partial charge in [-0.2, -0.15) is 13.2 Å². The van der Waals surface area contributed by atoms with Crippen LogP contribution in [0.3, 0.4) is 0 Å². The van der Waals surface area contributed by atoms with Gasteiger partial charge in [0, 0.05) is 55.5 Å². The Labute approximate surface area is 320 Å². The van der Waals surface area contributed by atoms with Crippen molar-refractivity contribution < 1.29 is 36.3 Å². The van der Waals surface area contributed by atoms with Gasteiger partial charge in [0.1, 0.15) is 5.75 Å². The Hall–Kier alpha value is -5.61. The van der Waals surface area contributed by atoms with E-state index in [4.69, 9.17) is 0 Å². The highest BCUT2D eigenvalue weighted by molar-refractivity contribution is 7.99. The number of rotatable bonds is 13. The SMILES string of the molecule is O=C(NS(=O)(=O)c1ccc(NCCSc2ccccc2)c(C(F)(F)F)c1)c1ccc(N2CCN(C(=O)CCc3ccccc3-c3cccc(O)c3)CC2)nn1. The van der Waals surface area contributed by atoms with Crippen molar-refractivity contribution in [3.05, 3.63) is 126 Å². The van der Waals surface area contributed by atoms with Crippen molar-refractivity contribution in [3.63, 3.8) is 0 Å². The van der Waals surface area contributed by atoms with E-state index in [1.165, 1.54) is 23.9 Å².